The first-order valence-corrected chi connectivity index (χ1v) is 18.6. The van der Waals surface area contributed by atoms with E-state index < -0.39 is 35.9 Å². The number of carboxylic acid groups (broad SMARTS) is 1. The minimum atomic E-state index is -1.05. The molecule has 0 aliphatic carbocycles. The number of carbonyl (C=O) groups is 4. The largest absolute Gasteiger partial charge is 0.481 e. The molecule has 0 radical (unpaired) electrons. The SMILES string of the molecule is NNC(=O)c1cccc(Cl)c1.[C-]#[N+]c1ccc(C[C@@H](C(=O)NCC(=O)c2cccc(Cl)c2)[C@H](C)O)c(C)c1Cl.[C-]#[N+]c1ccc(C[C@@H](C(=O)O)[C@H](C)O)c(C)c1Cl. The van der Waals surface area contributed by atoms with E-state index in [-0.39, 0.29) is 31.1 Å². The molecule has 0 aromatic heterocycles. The number of hydrazine groups is 1. The number of nitrogens with two attached hydrogens (primary N) is 1. The van der Waals surface area contributed by atoms with E-state index in [0.717, 1.165) is 11.1 Å². The zero-order chi connectivity index (χ0) is 43.0. The highest BCUT2D eigenvalue weighted by molar-refractivity contribution is 6.34. The number of aliphatic carboxylic acids is 1. The minimum Gasteiger partial charge on any atom is -0.481 e. The molecule has 0 aliphatic heterocycles. The summed E-state index contributed by atoms with van der Waals surface area (Å²) < 4.78 is 0. The summed E-state index contributed by atoms with van der Waals surface area (Å²) in [5.41, 5.74) is 6.45. The lowest BCUT2D eigenvalue weighted by molar-refractivity contribution is -0.145. The molecular formula is C41H41Cl4N5O7. The van der Waals surface area contributed by atoms with Gasteiger partial charge in [-0.05, 0) is 93.1 Å². The molecule has 0 bridgehead atoms. The molecule has 16 heteroatoms. The van der Waals surface area contributed by atoms with Gasteiger partial charge >= 0.3 is 5.97 Å². The molecule has 7 N–H and O–H groups in total. The number of carbonyl (C=O) groups excluding carboxylic acids is 3. The Labute approximate surface area is 351 Å². The molecule has 0 aliphatic rings. The number of rotatable bonds is 12. The van der Waals surface area contributed by atoms with Crippen LogP contribution in [0.3, 0.4) is 0 Å². The molecular weight excluding hydrogens is 816 g/mol. The fourth-order valence-electron chi connectivity index (χ4n) is 5.23. The van der Waals surface area contributed by atoms with Crippen LogP contribution in [0.2, 0.25) is 20.1 Å². The van der Waals surface area contributed by atoms with E-state index in [4.69, 9.17) is 70.5 Å². The standard InChI is InChI=1S/C21H20Cl2N2O3.C13H14ClNO3.C7H7ClN2O/c1-12-14(7-8-18(24-3)20(12)23)10-17(13(2)26)21(28)25-11-19(27)15-5-4-6-16(22)9-15;1-7-9(4-5-11(15-3)12(7)14)6-10(8(2)16)13(17)18;8-6-3-1-2-5(4-6)7(11)10-9/h4-9,13,17,26H,10-11H2,1-2H3,(H,25,28);4-5,8,10,16H,6H2,1-2H3,(H,17,18);1-4H,9H2,(H,10,11)/t13-,17+;8-,10+;/m00./s1. The highest BCUT2D eigenvalue weighted by Gasteiger charge is 2.26. The Morgan fingerprint density at radius 2 is 1.16 bits per heavy atom. The van der Waals surface area contributed by atoms with Crippen LogP contribution in [0.1, 0.15) is 56.8 Å². The van der Waals surface area contributed by atoms with Gasteiger partial charge in [0.15, 0.2) is 5.78 Å². The van der Waals surface area contributed by atoms with Gasteiger partial charge in [0.25, 0.3) is 5.91 Å². The number of carboxylic acids is 1. The minimum absolute atomic E-state index is 0.191. The number of hydrogen-bond donors (Lipinski definition) is 6. The van der Waals surface area contributed by atoms with E-state index >= 15 is 0 Å². The molecule has 4 aromatic carbocycles. The van der Waals surface area contributed by atoms with Crippen molar-refractivity contribution in [3.05, 3.63) is 149 Å². The topological polar surface area (TPSA) is 188 Å². The molecule has 0 saturated heterocycles. The van der Waals surface area contributed by atoms with E-state index in [1.807, 2.05) is 5.43 Å². The average molecular weight is 858 g/mol. The number of amides is 2. The number of hydrogen-bond acceptors (Lipinski definition) is 7. The smallest absolute Gasteiger partial charge is 0.309 e. The number of Topliss-reactive ketones (excluding diaryl/α,β-unsaturated/α-hetero) is 1. The van der Waals surface area contributed by atoms with Crippen molar-refractivity contribution < 1.29 is 34.5 Å². The summed E-state index contributed by atoms with van der Waals surface area (Å²) in [6.07, 6.45) is -1.45. The molecule has 0 unspecified atom stereocenters. The number of nitrogen functional groups attached to an aromatic ring is 1. The number of nitrogens with zero attached hydrogens (tertiary/aromatic N) is 2. The van der Waals surface area contributed by atoms with Gasteiger partial charge in [-0.15, -0.1) is 0 Å². The Balaban J connectivity index is 0.000000329. The molecule has 2 amide bonds. The molecule has 4 atom stereocenters. The van der Waals surface area contributed by atoms with Crippen LogP contribution in [0.5, 0.6) is 0 Å². The molecule has 0 saturated carbocycles. The summed E-state index contributed by atoms with van der Waals surface area (Å²) in [4.78, 5) is 53.3. The van der Waals surface area contributed by atoms with Crippen LogP contribution in [0.15, 0.2) is 72.8 Å². The number of ketones is 1. The maximum Gasteiger partial charge on any atom is 0.309 e. The number of nitrogens with one attached hydrogen (secondary N) is 2. The van der Waals surface area contributed by atoms with E-state index in [9.17, 15) is 29.4 Å². The van der Waals surface area contributed by atoms with Crippen molar-refractivity contribution in [2.24, 2.45) is 17.7 Å². The summed E-state index contributed by atoms with van der Waals surface area (Å²) >= 11 is 23.7. The number of aliphatic hydroxyl groups excluding tert-OH is 2. The van der Waals surface area contributed by atoms with Crippen LogP contribution in [-0.2, 0) is 22.4 Å². The average Bonchev–Trinajstić information content (AvgIpc) is 3.17. The van der Waals surface area contributed by atoms with Gasteiger partial charge in [-0.1, -0.05) is 88.9 Å². The third-order valence-corrected chi connectivity index (χ3v) is 10.1. The summed E-state index contributed by atoms with van der Waals surface area (Å²) in [7, 11) is 0. The first-order valence-electron chi connectivity index (χ1n) is 17.1. The van der Waals surface area contributed by atoms with Crippen LogP contribution in [0, 0.1) is 38.8 Å². The van der Waals surface area contributed by atoms with E-state index in [1.54, 1.807) is 80.6 Å². The second kappa shape index (κ2) is 23.3. The van der Waals surface area contributed by atoms with Crippen molar-refractivity contribution in [2.75, 3.05) is 6.54 Å². The second-order valence-electron chi connectivity index (χ2n) is 12.7. The molecule has 0 spiro atoms. The van der Waals surface area contributed by atoms with Gasteiger partial charge in [-0.3, -0.25) is 24.6 Å². The zero-order valence-electron chi connectivity index (χ0n) is 31.3. The molecule has 0 heterocycles. The van der Waals surface area contributed by atoms with Gasteiger partial charge in [0.1, 0.15) is 0 Å². The lowest BCUT2D eigenvalue weighted by atomic mass is 9.91. The van der Waals surface area contributed by atoms with E-state index in [0.29, 0.717) is 53.7 Å². The first-order chi connectivity index (χ1) is 26.9. The van der Waals surface area contributed by atoms with Crippen LogP contribution in [-0.4, -0.2) is 57.6 Å². The third kappa shape index (κ3) is 14.5. The highest BCUT2D eigenvalue weighted by Crippen LogP contribution is 2.33. The molecule has 4 aromatic rings. The second-order valence-corrected chi connectivity index (χ2v) is 14.3. The Bertz CT molecular complexity index is 2170. The zero-order valence-corrected chi connectivity index (χ0v) is 34.3. The van der Waals surface area contributed by atoms with Crippen molar-refractivity contribution in [1.29, 1.82) is 0 Å². The molecule has 300 valence electrons. The van der Waals surface area contributed by atoms with Crippen LogP contribution in [0.25, 0.3) is 9.69 Å². The van der Waals surface area contributed by atoms with Crippen molar-refractivity contribution in [2.45, 2.75) is 52.7 Å². The predicted octanol–water partition coefficient (Wildman–Crippen LogP) is 8.16. The Hall–Kier alpha value is -5.02. The molecule has 57 heavy (non-hydrogen) atoms. The van der Waals surface area contributed by atoms with E-state index in [1.165, 1.54) is 19.9 Å². The van der Waals surface area contributed by atoms with E-state index in [2.05, 4.69) is 15.0 Å². The lowest BCUT2D eigenvalue weighted by Crippen LogP contribution is -2.40. The highest BCUT2D eigenvalue weighted by atomic mass is 35.5. The van der Waals surface area contributed by atoms with Crippen LogP contribution >= 0.6 is 46.4 Å². The van der Waals surface area contributed by atoms with Gasteiger partial charge in [0, 0.05) is 21.2 Å². The molecule has 0 fully saturated rings. The van der Waals surface area contributed by atoms with Gasteiger partial charge < -0.3 is 20.6 Å². The third-order valence-electron chi connectivity index (χ3n) is 8.68. The quantitative estimate of drug-likeness (QED) is 0.0271. The van der Waals surface area contributed by atoms with Crippen LogP contribution in [0.4, 0.5) is 11.4 Å². The van der Waals surface area contributed by atoms with Crippen molar-refractivity contribution in [3.63, 3.8) is 0 Å². The number of halogens is 4. The monoisotopic (exact) mass is 855 g/mol. The van der Waals surface area contributed by atoms with Crippen molar-refractivity contribution >= 4 is 81.3 Å². The normalized spacial score (nSPS) is 12.4. The molecule has 4 rings (SSSR count). The maximum atomic E-state index is 12.6. The van der Waals surface area contributed by atoms with Gasteiger partial charge in [-0.25, -0.2) is 15.5 Å². The Morgan fingerprint density at radius 1 is 0.719 bits per heavy atom. The number of aliphatic hydroxyl groups is 2. The summed E-state index contributed by atoms with van der Waals surface area (Å²) in [6, 6.07) is 19.6. The fourth-order valence-corrected chi connectivity index (χ4v) is 6.07. The number of benzene rings is 4. The maximum absolute atomic E-state index is 12.6. The van der Waals surface area contributed by atoms with Gasteiger partial charge in [-0.2, -0.15) is 0 Å². The molecule has 12 nitrogen and oxygen atoms in total. The van der Waals surface area contributed by atoms with Crippen molar-refractivity contribution in [3.8, 4) is 0 Å². The first kappa shape index (κ1) is 48.1. The van der Waals surface area contributed by atoms with Crippen molar-refractivity contribution in [1.82, 2.24) is 10.7 Å². The fraction of sp³-hybridized carbons (Fsp3) is 0.268. The Kier molecular flexibility index (Phi) is 19.6. The predicted molar refractivity (Wildman–Crippen MR) is 222 cm³/mol. The van der Waals surface area contributed by atoms with Gasteiger partial charge in [0.05, 0.1) is 53.8 Å². The van der Waals surface area contributed by atoms with Crippen LogP contribution < -0.4 is 16.6 Å². The summed E-state index contributed by atoms with van der Waals surface area (Å²) in [5.74, 6) is 1.17. The lowest BCUT2D eigenvalue weighted by Gasteiger charge is -2.21. The van der Waals surface area contributed by atoms with Gasteiger partial charge in [0.2, 0.25) is 17.3 Å². The summed E-state index contributed by atoms with van der Waals surface area (Å²) in [6.45, 7) is 20.3. The summed E-state index contributed by atoms with van der Waals surface area (Å²) in [5, 5.41) is 32.8. The Morgan fingerprint density at radius 3 is 1.56 bits per heavy atom.